The molecule has 2 aliphatic rings. The van der Waals surface area contributed by atoms with Gasteiger partial charge >= 0.3 is 6.03 Å². The number of nitrogens with one attached hydrogen (secondary N) is 1. The number of rotatable bonds is 4. The van der Waals surface area contributed by atoms with Crippen LogP contribution < -0.4 is 5.32 Å². The first-order chi connectivity index (χ1) is 12.4. The van der Waals surface area contributed by atoms with E-state index in [4.69, 9.17) is 0 Å². The molecule has 1 aromatic rings. The van der Waals surface area contributed by atoms with Crippen LogP contribution in [-0.2, 0) is 16.4 Å². The SMILES string of the molecule is CCN1C[C@@H]2CCN(C(=O)NCCc3ccc(F)cc3)CC[C@@H]2S1(=O)=O. The van der Waals surface area contributed by atoms with Crippen molar-refractivity contribution in [2.75, 3.05) is 32.7 Å². The molecule has 2 saturated heterocycles. The van der Waals surface area contributed by atoms with E-state index < -0.39 is 10.0 Å². The Balaban J connectivity index is 1.50. The Hall–Kier alpha value is -1.67. The zero-order valence-electron chi connectivity index (χ0n) is 15.0. The van der Waals surface area contributed by atoms with E-state index in [1.807, 2.05) is 6.92 Å². The third-order valence-electron chi connectivity index (χ3n) is 5.40. The van der Waals surface area contributed by atoms with Crippen LogP contribution in [0.1, 0.15) is 25.3 Å². The van der Waals surface area contributed by atoms with Gasteiger partial charge in [0.15, 0.2) is 0 Å². The topological polar surface area (TPSA) is 69.7 Å². The smallest absolute Gasteiger partial charge is 0.317 e. The summed E-state index contributed by atoms with van der Waals surface area (Å²) in [6.45, 7) is 4.46. The zero-order chi connectivity index (χ0) is 18.7. The summed E-state index contributed by atoms with van der Waals surface area (Å²) in [5.41, 5.74) is 0.961. The fourth-order valence-electron chi connectivity index (χ4n) is 3.88. The minimum absolute atomic E-state index is 0.108. The van der Waals surface area contributed by atoms with E-state index in [-0.39, 0.29) is 23.0 Å². The molecule has 1 N–H and O–H groups in total. The summed E-state index contributed by atoms with van der Waals surface area (Å²) < 4.78 is 39.5. The number of likely N-dealkylation sites (tertiary alicyclic amines) is 1. The van der Waals surface area contributed by atoms with Gasteiger partial charge in [0.25, 0.3) is 0 Å². The van der Waals surface area contributed by atoms with E-state index in [0.29, 0.717) is 52.0 Å². The lowest BCUT2D eigenvalue weighted by Crippen LogP contribution is -2.42. The molecule has 2 fully saturated rings. The average molecular weight is 383 g/mol. The Morgan fingerprint density at radius 2 is 1.92 bits per heavy atom. The average Bonchev–Trinajstić information content (AvgIpc) is 2.76. The number of halogens is 1. The molecule has 0 aliphatic carbocycles. The Kier molecular flexibility index (Phi) is 5.82. The molecule has 0 radical (unpaired) electrons. The largest absolute Gasteiger partial charge is 0.338 e. The minimum Gasteiger partial charge on any atom is -0.338 e. The molecule has 2 aliphatic heterocycles. The van der Waals surface area contributed by atoms with Gasteiger partial charge < -0.3 is 10.2 Å². The molecule has 2 heterocycles. The summed E-state index contributed by atoms with van der Waals surface area (Å²) in [4.78, 5) is 14.1. The number of carbonyl (C=O) groups is 1. The molecule has 2 amide bonds. The molecule has 8 heteroatoms. The number of hydrogen-bond acceptors (Lipinski definition) is 3. The number of benzene rings is 1. The van der Waals surface area contributed by atoms with Crippen molar-refractivity contribution in [1.29, 1.82) is 0 Å². The van der Waals surface area contributed by atoms with Crippen LogP contribution >= 0.6 is 0 Å². The zero-order valence-corrected chi connectivity index (χ0v) is 15.8. The number of nitrogens with zero attached hydrogens (tertiary/aromatic N) is 2. The van der Waals surface area contributed by atoms with Crippen molar-refractivity contribution in [2.24, 2.45) is 5.92 Å². The first kappa shape index (κ1) is 19.1. The van der Waals surface area contributed by atoms with Gasteiger partial charge in [0.05, 0.1) is 5.25 Å². The van der Waals surface area contributed by atoms with Gasteiger partial charge in [-0.25, -0.2) is 21.9 Å². The third-order valence-corrected chi connectivity index (χ3v) is 7.92. The molecule has 0 aromatic heterocycles. The Morgan fingerprint density at radius 3 is 2.62 bits per heavy atom. The minimum atomic E-state index is -3.22. The van der Waals surface area contributed by atoms with Crippen LogP contribution in [-0.4, -0.2) is 61.6 Å². The van der Waals surface area contributed by atoms with Gasteiger partial charge in [-0.1, -0.05) is 19.1 Å². The van der Waals surface area contributed by atoms with Crippen LogP contribution in [0.15, 0.2) is 24.3 Å². The summed E-state index contributed by atoms with van der Waals surface area (Å²) in [6, 6.07) is 6.07. The Labute approximate surface area is 154 Å². The molecule has 0 bridgehead atoms. The standard InChI is InChI=1S/C18H26FN3O3S/c1-2-22-13-15-8-11-21(12-9-17(15)26(22,24)25)18(23)20-10-7-14-3-5-16(19)6-4-14/h3-6,15,17H,2,7-13H2,1H3,(H,20,23)/t15-,17-/m0/s1. The van der Waals surface area contributed by atoms with Crippen molar-refractivity contribution in [3.63, 3.8) is 0 Å². The maximum absolute atomic E-state index is 12.9. The lowest BCUT2D eigenvalue weighted by atomic mass is 10.0. The second-order valence-corrected chi connectivity index (χ2v) is 9.12. The fraction of sp³-hybridized carbons (Fsp3) is 0.611. The molecule has 3 rings (SSSR count). The number of hydrogen-bond donors (Lipinski definition) is 1. The molecule has 1 aromatic carbocycles. The molecule has 144 valence electrons. The van der Waals surface area contributed by atoms with Crippen LogP contribution in [0.25, 0.3) is 0 Å². The van der Waals surface area contributed by atoms with Gasteiger partial charge in [0.1, 0.15) is 5.82 Å². The van der Waals surface area contributed by atoms with Crippen molar-refractivity contribution < 1.29 is 17.6 Å². The molecule has 2 atom stereocenters. The van der Waals surface area contributed by atoms with Gasteiger partial charge in [-0.15, -0.1) is 0 Å². The number of amides is 2. The summed E-state index contributed by atoms with van der Waals surface area (Å²) in [5.74, 6) is -0.165. The summed E-state index contributed by atoms with van der Waals surface area (Å²) in [6.07, 6.45) is 1.84. The van der Waals surface area contributed by atoms with E-state index in [1.165, 1.54) is 12.1 Å². The molecule has 26 heavy (non-hydrogen) atoms. The normalized spacial score (nSPS) is 25.5. The maximum atomic E-state index is 12.9. The summed E-state index contributed by atoms with van der Waals surface area (Å²) in [7, 11) is -3.22. The summed E-state index contributed by atoms with van der Waals surface area (Å²) in [5, 5.41) is 2.52. The Morgan fingerprint density at radius 1 is 1.23 bits per heavy atom. The molecule has 6 nitrogen and oxygen atoms in total. The lowest BCUT2D eigenvalue weighted by molar-refractivity contribution is 0.198. The highest BCUT2D eigenvalue weighted by atomic mass is 32.2. The highest BCUT2D eigenvalue weighted by Gasteiger charge is 2.46. The molecule has 0 saturated carbocycles. The number of urea groups is 1. The van der Waals surface area contributed by atoms with Crippen molar-refractivity contribution in [3.05, 3.63) is 35.6 Å². The van der Waals surface area contributed by atoms with Crippen LogP contribution in [0.3, 0.4) is 0 Å². The predicted molar refractivity (Wildman–Crippen MR) is 97.8 cm³/mol. The van der Waals surface area contributed by atoms with E-state index >= 15 is 0 Å². The fourth-order valence-corrected chi connectivity index (χ4v) is 6.14. The van der Waals surface area contributed by atoms with Crippen LogP contribution in [0.5, 0.6) is 0 Å². The van der Waals surface area contributed by atoms with Crippen molar-refractivity contribution in [1.82, 2.24) is 14.5 Å². The number of sulfonamides is 1. The van der Waals surface area contributed by atoms with Crippen molar-refractivity contribution in [3.8, 4) is 0 Å². The molecule has 0 spiro atoms. The van der Waals surface area contributed by atoms with E-state index in [9.17, 15) is 17.6 Å². The van der Waals surface area contributed by atoms with Crippen LogP contribution in [0.4, 0.5) is 9.18 Å². The highest BCUT2D eigenvalue weighted by Crippen LogP contribution is 2.33. The second kappa shape index (κ2) is 7.92. The van der Waals surface area contributed by atoms with Gasteiger partial charge in [0, 0.05) is 32.7 Å². The predicted octanol–water partition coefficient (Wildman–Crippen LogP) is 1.82. The maximum Gasteiger partial charge on any atom is 0.317 e. The first-order valence-corrected chi connectivity index (χ1v) is 10.7. The van der Waals surface area contributed by atoms with Crippen molar-refractivity contribution in [2.45, 2.75) is 31.4 Å². The monoisotopic (exact) mass is 383 g/mol. The summed E-state index contributed by atoms with van der Waals surface area (Å²) >= 11 is 0. The molecular formula is C18H26FN3O3S. The third kappa shape index (κ3) is 4.01. The van der Waals surface area contributed by atoms with Crippen molar-refractivity contribution >= 4 is 16.1 Å². The van der Waals surface area contributed by atoms with Crippen LogP contribution in [0, 0.1) is 11.7 Å². The van der Waals surface area contributed by atoms with Gasteiger partial charge in [-0.2, -0.15) is 0 Å². The van der Waals surface area contributed by atoms with Gasteiger partial charge in [0.2, 0.25) is 10.0 Å². The van der Waals surface area contributed by atoms with E-state index in [1.54, 1.807) is 21.3 Å². The lowest BCUT2D eigenvalue weighted by Gasteiger charge is -2.22. The molecule has 0 unspecified atom stereocenters. The highest BCUT2D eigenvalue weighted by molar-refractivity contribution is 7.90. The van der Waals surface area contributed by atoms with Crippen LogP contribution in [0.2, 0.25) is 0 Å². The van der Waals surface area contributed by atoms with Gasteiger partial charge in [-0.3, -0.25) is 0 Å². The second-order valence-electron chi connectivity index (χ2n) is 6.97. The molecular weight excluding hydrogens is 357 g/mol. The Bertz CT molecular complexity index is 739. The number of carbonyl (C=O) groups excluding carboxylic acids is 1. The van der Waals surface area contributed by atoms with E-state index in [0.717, 1.165) is 5.56 Å². The first-order valence-electron chi connectivity index (χ1n) is 9.18. The quantitative estimate of drug-likeness (QED) is 0.862. The van der Waals surface area contributed by atoms with Gasteiger partial charge in [-0.05, 0) is 42.9 Å². The van der Waals surface area contributed by atoms with E-state index in [2.05, 4.69) is 5.32 Å². The number of fused-ring (bicyclic) bond motifs is 1.